The van der Waals surface area contributed by atoms with Crippen molar-refractivity contribution in [2.24, 2.45) is 10.8 Å². The van der Waals surface area contributed by atoms with Crippen molar-refractivity contribution in [3.05, 3.63) is 12.2 Å². The summed E-state index contributed by atoms with van der Waals surface area (Å²) in [6.45, 7) is 6.56. The van der Waals surface area contributed by atoms with Gasteiger partial charge in [0.1, 0.15) is 0 Å². The normalized spacial score (nSPS) is 13.0. The molecule has 0 aromatic carbocycles. The van der Waals surface area contributed by atoms with Crippen LogP contribution in [0, 0.1) is 10.8 Å². The van der Waals surface area contributed by atoms with Crippen molar-refractivity contribution in [3.8, 4) is 0 Å². The molecule has 0 aliphatic carbocycles. The van der Waals surface area contributed by atoms with Crippen LogP contribution in [-0.4, -0.2) is 22.2 Å². The molecule has 4 heteroatoms. The lowest BCUT2D eigenvalue weighted by atomic mass is 9.87. The maximum atomic E-state index is 10.8. The van der Waals surface area contributed by atoms with Gasteiger partial charge in [0.2, 0.25) is 0 Å². The fourth-order valence-electron chi connectivity index (χ4n) is 0.931. The highest BCUT2D eigenvalue weighted by molar-refractivity contribution is 5.74. The number of hydrogen-bond acceptors (Lipinski definition) is 2. The second kappa shape index (κ2) is 5.14. The Morgan fingerprint density at radius 2 is 1.12 bits per heavy atom. The van der Waals surface area contributed by atoms with E-state index in [1.807, 2.05) is 0 Å². The van der Waals surface area contributed by atoms with E-state index in [9.17, 15) is 9.59 Å². The lowest BCUT2D eigenvalue weighted by Gasteiger charge is -2.18. The fraction of sp³-hybridized carbons (Fsp3) is 0.667. The van der Waals surface area contributed by atoms with E-state index in [1.54, 1.807) is 39.8 Å². The van der Waals surface area contributed by atoms with Crippen LogP contribution in [0.2, 0.25) is 0 Å². The zero-order chi connectivity index (χ0) is 13.0. The summed E-state index contributed by atoms with van der Waals surface area (Å²) < 4.78 is 0. The highest BCUT2D eigenvalue weighted by Crippen LogP contribution is 2.24. The summed E-state index contributed by atoms with van der Waals surface area (Å²) in [5.41, 5.74) is -1.60. The minimum absolute atomic E-state index is 0.401. The van der Waals surface area contributed by atoms with Crippen LogP contribution in [0.4, 0.5) is 0 Å². The van der Waals surface area contributed by atoms with Crippen molar-refractivity contribution < 1.29 is 19.8 Å². The Labute approximate surface area is 96.0 Å². The van der Waals surface area contributed by atoms with Gasteiger partial charge in [0, 0.05) is 0 Å². The van der Waals surface area contributed by atoms with Gasteiger partial charge in [0.15, 0.2) is 0 Å². The van der Waals surface area contributed by atoms with E-state index < -0.39 is 22.8 Å². The van der Waals surface area contributed by atoms with Crippen LogP contribution < -0.4 is 0 Å². The summed E-state index contributed by atoms with van der Waals surface area (Å²) in [7, 11) is 0. The molecular weight excluding hydrogens is 208 g/mol. The first-order chi connectivity index (χ1) is 7.09. The molecule has 0 saturated heterocycles. The predicted octanol–water partition coefficient (Wildman–Crippen LogP) is 2.54. The molecule has 92 valence electrons. The van der Waals surface area contributed by atoms with E-state index >= 15 is 0 Å². The number of rotatable bonds is 6. The summed E-state index contributed by atoms with van der Waals surface area (Å²) >= 11 is 0. The summed E-state index contributed by atoms with van der Waals surface area (Å²) in [4.78, 5) is 21.6. The predicted molar refractivity (Wildman–Crippen MR) is 61.2 cm³/mol. The monoisotopic (exact) mass is 228 g/mol. The number of carbonyl (C=O) groups is 2. The molecule has 0 aliphatic rings. The number of carboxylic acids is 2. The van der Waals surface area contributed by atoms with Gasteiger partial charge < -0.3 is 10.2 Å². The number of allylic oxidation sites excluding steroid dienone is 2. The molecule has 0 bridgehead atoms. The van der Waals surface area contributed by atoms with Crippen molar-refractivity contribution >= 4 is 11.9 Å². The minimum atomic E-state index is -0.852. The van der Waals surface area contributed by atoms with Crippen molar-refractivity contribution in [3.63, 3.8) is 0 Å². The van der Waals surface area contributed by atoms with Crippen molar-refractivity contribution in [1.29, 1.82) is 0 Å². The smallest absolute Gasteiger partial charge is 0.309 e. The Kier molecular flexibility index (Phi) is 4.72. The summed E-state index contributed by atoms with van der Waals surface area (Å²) in [5, 5.41) is 17.7. The molecule has 0 saturated carbocycles. The second-order valence-corrected chi connectivity index (χ2v) is 5.26. The van der Waals surface area contributed by atoms with Crippen LogP contribution >= 0.6 is 0 Å². The number of aliphatic carboxylic acids is 2. The van der Waals surface area contributed by atoms with Gasteiger partial charge in [-0.25, -0.2) is 0 Å². The molecule has 0 heterocycles. The summed E-state index contributed by atoms with van der Waals surface area (Å²) in [5.74, 6) is -1.70. The average Bonchev–Trinajstić information content (AvgIpc) is 2.12. The summed E-state index contributed by atoms with van der Waals surface area (Å²) in [6.07, 6.45) is 4.27. The molecule has 0 aliphatic heterocycles. The van der Waals surface area contributed by atoms with Crippen molar-refractivity contribution in [1.82, 2.24) is 0 Å². The third-order valence-corrected chi connectivity index (χ3v) is 2.58. The maximum absolute atomic E-state index is 10.8. The van der Waals surface area contributed by atoms with Crippen molar-refractivity contribution in [2.75, 3.05) is 0 Å². The largest absolute Gasteiger partial charge is 0.481 e. The van der Waals surface area contributed by atoms with Gasteiger partial charge in [-0.15, -0.1) is 0 Å². The van der Waals surface area contributed by atoms with Crippen LogP contribution in [0.3, 0.4) is 0 Å². The van der Waals surface area contributed by atoms with E-state index in [2.05, 4.69) is 0 Å². The quantitative estimate of drug-likeness (QED) is 0.685. The highest BCUT2D eigenvalue weighted by atomic mass is 16.4. The van der Waals surface area contributed by atoms with Crippen LogP contribution in [0.15, 0.2) is 12.2 Å². The molecule has 0 atom stereocenters. The molecule has 0 fully saturated rings. The van der Waals surface area contributed by atoms with Gasteiger partial charge in [-0.3, -0.25) is 9.59 Å². The molecule has 0 unspecified atom stereocenters. The standard InChI is InChI=1S/C12H20O4/c1-11(2,9(13)14)7-5-6-8-12(3,4)10(15)16/h5-6H,7-8H2,1-4H3,(H,13,14)(H,15,16)/b6-5+. The molecule has 0 aromatic heterocycles. The summed E-state index contributed by atoms with van der Waals surface area (Å²) in [6, 6.07) is 0. The Balaban J connectivity index is 4.25. The zero-order valence-electron chi connectivity index (χ0n) is 10.3. The van der Waals surface area contributed by atoms with Gasteiger partial charge in [-0.1, -0.05) is 12.2 Å². The minimum Gasteiger partial charge on any atom is -0.481 e. The first-order valence-electron chi connectivity index (χ1n) is 5.21. The first-order valence-corrected chi connectivity index (χ1v) is 5.21. The van der Waals surface area contributed by atoms with E-state index in [1.165, 1.54) is 0 Å². The maximum Gasteiger partial charge on any atom is 0.309 e. The van der Waals surface area contributed by atoms with Gasteiger partial charge in [-0.2, -0.15) is 0 Å². The Hall–Kier alpha value is -1.32. The average molecular weight is 228 g/mol. The Morgan fingerprint density at radius 3 is 1.31 bits per heavy atom. The SMILES string of the molecule is CC(C)(C/C=C/CC(C)(C)C(=O)O)C(=O)O. The molecule has 16 heavy (non-hydrogen) atoms. The molecule has 0 spiro atoms. The van der Waals surface area contributed by atoms with E-state index in [0.717, 1.165) is 0 Å². The number of hydrogen-bond donors (Lipinski definition) is 2. The third-order valence-electron chi connectivity index (χ3n) is 2.58. The van der Waals surface area contributed by atoms with Crippen molar-refractivity contribution in [2.45, 2.75) is 40.5 Å². The Bertz CT molecular complexity index is 270. The molecule has 0 radical (unpaired) electrons. The van der Waals surface area contributed by atoms with Crippen LogP contribution in [0.5, 0.6) is 0 Å². The molecule has 2 N–H and O–H groups in total. The van der Waals surface area contributed by atoms with Gasteiger partial charge in [0.25, 0.3) is 0 Å². The second-order valence-electron chi connectivity index (χ2n) is 5.26. The van der Waals surface area contributed by atoms with Crippen LogP contribution in [0.25, 0.3) is 0 Å². The van der Waals surface area contributed by atoms with E-state index in [0.29, 0.717) is 12.8 Å². The fourth-order valence-corrected chi connectivity index (χ4v) is 0.931. The highest BCUT2D eigenvalue weighted by Gasteiger charge is 2.27. The van der Waals surface area contributed by atoms with E-state index in [4.69, 9.17) is 10.2 Å². The first kappa shape index (κ1) is 14.7. The molecule has 0 amide bonds. The lowest BCUT2D eigenvalue weighted by Crippen LogP contribution is -2.23. The van der Waals surface area contributed by atoms with Gasteiger partial charge >= 0.3 is 11.9 Å². The van der Waals surface area contributed by atoms with Crippen LogP contribution in [-0.2, 0) is 9.59 Å². The van der Waals surface area contributed by atoms with Gasteiger partial charge in [0.05, 0.1) is 10.8 Å². The molecule has 0 rings (SSSR count). The third kappa shape index (κ3) is 4.47. The topological polar surface area (TPSA) is 74.6 Å². The molecule has 4 nitrogen and oxygen atoms in total. The van der Waals surface area contributed by atoms with Crippen LogP contribution in [0.1, 0.15) is 40.5 Å². The lowest BCUT2D eigenvalue weighted by molar-refractivity contribution is -0.147. The number of carboxylic acid groups (broad SMARTS) is 2. The molecule has 0 aromatic rings. The Morgan fingerprint density at radius 1 is 0.875 bits per heavy atom. The zero-order valence-corrected chi connectivity index (χ0v) is 10.3. The van der Waals surface area contributed by atoms with E-state index in [-0.39, 0.29) is 0 Å². The molecular formula is C12H20O4. The van der Waals surface area contributed by atoms with Gasteiger partial charge in [-0.05, 0) is 40.5 Å².